The van der Waals surface area contributed by atoms with Crippen LogP contribution in [0.4, 0.5) is 5.69 Å². The van der Waals surface area contributed by atoms with Crippen molar-refractivity contribution in [2.24, 2.45) is 0 Å². The minimum Gasteiger partial charge on any atom is -0.493 e. The lowest BCUT2D eigenvalue weighted by molar-refractivity contribution is 0.0696. The van der Waals surface area contributed by atoms with Gasteiger partial charge in [0.1, 0.15) is 12.4 Å². The lowest BCUT2D eigenvalue weighted by Gasteiger charge is -2.15. The van der Waals surface area contributed by atoms with Gasteiger partial charge in [0.15, 0.2) is 11.5 Å². The summed E-state index contributed by atoms with van der Waals surface area (Å²) < 4.78 is 20.8. The Labute approximate surface area is 156 Å². The molecule has 2 N–H and O–H groups in total. The second kappa shape index (κ2) is 9.44. The molecular weight excluding hydrogens is 354 g/mol. The number of carboxylic acids is 1. The Bertz CT molecular complexity index is 820. The van der Waals surface area contributed by atoms with E-state index in [-0.39, 0.29) is 22.7 Å². The maximum Gasteiger partial charge on any atom is 0.335 e. The van der Waals surface area contributed by atoms with E-state index in [0.29, 0.717) is 24.5 Å². The molecule has 2 aromatic carbocycles. The number of carbonyl (C=O) groups is 2. The Kier molecular flexibility index (Phi) is 7.01. The molecule has 0 aliphatic carbocycles. The highest BCUT2D eigenvalue weighted by Crippen LogP contribution is 2.37. The fourth-order valence-electron chi connectivity index (χ4n) is 2.35. The van der Waals surface area contributed by atoms with Gasteiger partial charge in [0.25, 0.3) is 5.91 Å². The molecule has 2 aromatic rings. The number of nitrogens with one attached hydrogen (secondary N) is 1. The average molecular weight is 375 g/mol. The van der Waals surface area contributed by atoms with Crippen molar-refractivity contribution >= 4 is 17.6 Å². The first-order chi connectivity index (χ1) is 13.0. The van der Waals surface area contributed by atoms with Crippen LogP contribution in [0.5, 0.6) is 17.2 Å². The summed E-state index contributed by atoms with van der Waals surface area (Å²) in [4.78, 5) is 23.9. The monoisotopic (exact) mass is 375 g/mol. The number of benzene rings is 2. The van der Waals surface area contributed by atoms with E-state index in [0.717, 1.165) is 0 Å². The molecule has 0 aliphatic heterocycles. The Hall–Kier alpha value is -3.26. The maximum atomic E-state index is 12.6. The lowest BCUT2D eigenvalue weighted by Crippen LogP contribution is -2.14. The molecule has 0 radical (unpaired) electrons. The molecule has 0 heterocycles. The van der Waals surface area contributed by atoms with E-state index in [4.69, 9.17) is 18.9 Å². The average Bonchev–Trinajstić information content (AvgIpc) is 2.67. The van der Waals surface area contributed by atoms with Crippen LogP contribution in [-0.4, -0.2) is 51.5 Å². The van der Waals surface area contributed by atoms with E-state index < -0.39 is 11.9 Å². The first-order valence-electron chi connectivity index (χ1n) is 8.02. The Morgan fingerprint density at radius 3 is 2.41 bits per heavy atom. The van der Waals surface area contributed by atoms with Crippen molar-refractivity contribution in [3.8, 4) is 17.2 Å². The first kappa shape index (κ1) is 20.1. The predicted molar refractivity (Wildman–Crippen MR) is 98.3 cm³/mol. The zero-order valence-corrected chi connectivity index (χ0v) is 15.3. The van der Waals surface area contributed by atoms with Crippen molar-refractivity contribution in [1.29, 1.82) is 0 Å². The summed E-state index contributed by atoms with van der Waals surface area (Å²) in [5.74, 6) is -0.661. The molecule has 27 heavy (non-hydrogen) atoms. The number of methoxy groups -OCH3 is 3. The minimum absolute atomic E-state index is 0.0420. The molecule has 0 fully saturated rings. The zero-order chi connectivity index (χ0) is 19.8. The molecule has 0 bridgehead atoms. The molecule has 0 aromatic heterocycles. The lowest BCUT2D eigenvalue weighted by atomic mass is 10.1. The molecule has 0 atom stereocenters. The molecule has 0 spiro atoms. The molecule has 144 valence electrons. The van der Waals surface area contributed by atoms with E-state index in [1.54, 1.807) is 31.4 Å². The molecule has 1 amide bonds. The van der Waals surface area contributed by atoms with Gasteiger partial charge < -0.3 is 29.4 Å². The fraction of sp³-hybridized carbons (Fsp3) is 0.263. The third-order valence-electron chi connectivity index (χ3n) is 3.63. The highest BCUT2D eigenvalue weighted by atomic mass is 16.5. The Balaban J connectivity index is 2.28. The van der Waals surface area contributed by atoms with Crippen LogP contribution in [0.25, 0.3) is 0 Å². The molecule has 0 unspecified atom stereocenters. The van der Waals surface area contributed by atoms with Gasteiger partial charge >= 0.3 is 5.97 Å². The fourth-order valence-corrected chi connectivity index (χ4v) is 2.35. The van der Waals surface area contributed by atoms with Crippen molar-refractivity contribution in [2.45, 2.75) is 0 Å². The largest absolute Gasteiger partial charge is 0.493 e. The summed E-state index contributed by atoms with van der Waals surface area (Å²) in [6.45, 7) is 0.780. The number of hydrogen-bond acceptors (Lipinski definition) is 6. The summed E-state index contributed by atoms with van der Waals surface area (Å²) >= 11 is 0. The van der Waals surface area contributed by atoms with Gasteiger partial charge in [-0.1, -0.05) is 6.07 Å². The van der Waals surface area contributed by atoms with Crippen molar-refractivity contribution < 1.29 is 33.6 Å². The Morgan fingerprint density at radius 2 is 1.78 bits per heavy atom. The highest BCUT2D eigenvalue weighted by molar-refractivity contribution is 6.06. The highest BCUT2D eigenvalue weighted by Gasteiger charge is 2.18. The predicted octanol–water partition coefficient (Wildman–Crippen LogP) is 2.68. The van der Waals surface area contributed by atoms with Crippen LogP contribution >= 0.6 is 0 Å². The molecule has 0 aliphatic rings. The number of aromatic carboxylic acids is 1. The molecular formula is C19H21NO7. The van der Waals surface area contributed by atoms with Gasteiger partial charge in [-0.15, -0.1) is 0 Å². The normalized spacial score (nSPS) is 10.2. The maximum absolute atomic E-state index is 12.6. The van der Waals surface area contributed by atoms with E-state index in [2.05, 4.69) is 5.32 Å². The van der Waals surface area contributed by atoms with E-state index in [9.17, 15) is 14.7 Å². The quantitative estimate of drug-likeness (QED) is 0.650. The van der Waals surface area contributed by atoms with E-state index in [1.807, 2.05) is 0 Å². The number of hydrogen-bond donors (Lipinski definition) is 2. The van der Waals surface area contributed by atoms with Gasteiger partial charge in [0, 0.05) is 12.7 Å². The third kappa shape index (κ3) is 5.11. The Morgan fingerprint density at radius 1 is 1.00 bits per heavy atom. The summed E-state index contributed by atoms with van der Waals surface area (Å²) in [6, 6.07) is 9.23. The van der Waals surface area contributed by atoms with Gasteiger partial charge in [-0.2, -0.15) is 0 Å². The van der Waals surface area contributed by atoms with Crippen LogP contribution in [0.15, 0.2) is 36.4 Å². The van der Waals surface area contributed by atoms with Gasteiger partial charge in [-0.25, -0.2) is 4.79 Å². The van der Waals surface area contributed by atoms with Crippen molar-refractivity contribution in [3.63, 3.8) is 0 Å². The topological polar surface area (TPSA) is 103 Å². The second-order valence-electron chi connectivity index (χ2n) is 5.39. The summed E-state index contributed by atoms with van der Waals surface area (Å²) in [6.07, 6.45) is 0. The minimum atomic E-state index is -1.15. The number of carboxylic acid groups (broad SMARTS) is 1. The standard InChI is InChI=1S/C19H21NO7/c1-24-7-8-27-14-6-4-5-12(9-14)18(21)20-15-10-13(19(22)23)11-16(25-2)17(15)26-3/h4-6,9-11H,7-8H2,1-3H3,(H,20,21)(H,22,23). The first-order valence-corrected chi connectivity index (χ1v) is 8.02. The number of rotatable bonds is 9. The van der Waals surface area contributed by atoms with Crippen molar-refractivity contribution in [3.05, 3.63) is 47.5 Å². The third-order valence-corrected chi connectivity index (χ3v) is 3.63. The van der Waals surface area contributed by atoms with E-state index in [1.165, 1.54) is 26.4 Å². The smallest absolute Gasteiger partial charge is 0.335 e. The summed E-state index contributed by atoms with van der Waals surface area (Å²) in [5, 5.41) is 11.9. The second-order valence-corrected chi connectivity index (χ2v) is 5.39. The van der Waals surface area contributed by atoms with Gasteiger partial charge in [-0.05, 0) is 30.3 Å². The summed E-state index contributed by atoms with van der Waals surface area (Å²) in [7, 11) is 4.36. The van der Waals surface area contributed by atoms with Gasteiger partial charge in [0.05, 0.1) is 32.1 Å². The SMILES string of the molecule is COCCOc1cccc(C(=O)Nc2cc(C(=O)O)cc(OC)c2OC)c1. The van der Waals surface area contributed by atoms with Crippen molar-refractivity contribution in [2.75, 3.05) is 39.9 Å². The molecule has 0 saturated carbocycles. The van der Waals surface area contributed by atoms with Crippen LogP contribution in [0, 0.1) is 0 Å². The van der Waals surface area contributed by atoms with Crippen LogP contribution in [-0.2, 0) is 4.74 Å². The number of ether oxygens (including phenoxy) is 4. The van der Waals surface area contributed by atoms with Crippen LogP contribution in [0.2, 0.25) is 0 Å². The van der Waals surface area contributed by atoms with Gasteiger partial charge in [0.2, 0.25) is 0 Å². The van der Waals surface area contributed by atoms with Crippen molar-refractivity contribution in [1.82, 2.24) is 0 Å². The molecule has 2 rings (SSSR count). The van der Waals surface area contributed by atoms with Crippen LogP contribution < -0.4 is 19.5 Å². The van der Waals surface area contributed by atoms with Gasteiger partial charge in [-0.3, -0.25) is 4.79 Å². The summed E-state index contributed by atoms with van der Waals surface area (Å²) in [5.41, 5.74) is 0.483. The van der Waals surface area contributed by atoms with Crippen LogP contribution in [0.3, 0.4) is 0 Å². The van der Waals surface area contributed by atoms with E-state index >= 15 is 0 Å². The molecule has 8 nitrogen and oxygen atoms in total. The molecule has 8 heteroatoms. The zero-order valence-electron chi connectivity index (χ0n) is 15.3. The number of anilines is 1. The number of carbonyl (C=O) groups excluding carboxylic acids is 1. The number of amides is 1. The van der Waals surface area contributed by atoms with Crippen LogP contribution in [0.1, 0.15) is 20.7 Å². The molecule has 0 saturated heterocycles.